The van der Waals surface area contributed by atoms with Crippen LogP contribution in [0.2, 0.25) is 0 Å². The summed E-state index contributed by atoms with van der Waals surface area (Å²) in [5.74, 6) is 1.35. The van der Waals surface area contributed by atoms with Crippen molar-refractivity contribution in [1.82, 2.24) is 15.5 Å². The van der Waals surface area contributed by atoms with Crippen molar-refractivity contribution in [3.63, 3.8) is 0 Å². The second-order valence-electron chi connectivity index (χ2n) is 8.28. The summed E-state index contributed by atoms with van der Waals surface area (Å²) in [6.45, 7) is 6.65. The molecule has 0 spiro atoms. The van der Waals surface area contributed by atoms with Gasteiger partial charge in [-0.1, -0.05) is 25.0 Å². The minimum absolute atomic E-state index is 0.0656. The lowest BCUT2D eigenvalue weighted by atomic mass is 10.1. The van der Waals surface area contributed by atoms with Crippen molar-refractivity contribution in [3.05, 3.63) is 29.8 Å². The number of aliphatic imine (C=N–C) groups is 1. The van der Waals surface area contributed by atoms with Crippen molar-refractivity contribution < 1.29 is 9.59 Å². The summed E-state index contributed by atoms with van der Waals surface area (Å²) < 4.78 is 0. The third-order valence-corrected chi connectivity index (χ3v) is 5.83. The molecular formula is C23H35N5O2. The number of benzene rings is 1. The molecule has 1 aromatic carbocycles. The average molecular weight is 414 g/mol. The zero-order valence-corrected chi connectivity index (χ0v) is 18.2. The Morgan fingerprint density at radius 2 is 1.87 bits per heavy atom. The summed E-state index contributed by atoms with van der Waals surface area (Å²) in [5, 5.41) is 9.60. The predicted octanol–water partition coefficient (Wildman–Crippen LogP) is 2.53. The Morgan fingerprint density at radius 3 is 2.53 bits per heavy atom. The lowest BCUT2D eigenvalue weighted by Crippen LogP contribution is -2.45. The highest BCUT2D eigenvalue weighted by Gasteiger charge is 2.32. The Bertz CT molecular complexity index is 740. The molecule has 1 aromatic rings. The molecule has 1 aliphatic heterocycles. The molecule has 1 heterocycles. The molecule has 30 heavy (non-hydrogen) atoms. The van der Waals surface area contributed by atoms with Gasteiger partial charge in [-0.3, -0.25) is 14.6 Å². The molecule has 0 bridgehead atoms. The maximum Gasteiger partial charge on any atom is 0.225 e. The van der Waals surface area contributed by atoms with Gasteiger partial charge in [0.2, 0.25) is 11.8 Å². The molecule has 1 unspecified atom stereocenters. The van der Waals surface area contributed by atoms with Gasteiger partial charge in [-0.25, -0.2) is 0 Å². The number of hydrogen-bond acceptors (Lipinski definition) is 3. The van der Waals surface area contributed by atoms with Crippen molar-refractivity contribution in [2.75, 3.05) is 31.5 Å². The van der Waals surface area contributed by atoms with Crippen LogP contribution >= 0.6 is 0 Å². The summed E-state index contributed by atoms with van der Waals surface area (Å²) >= 11 is 0. The van der Waals surface area contributed by atoms with Crippen molar-refractivity contribution in [1.29, 1.82) is 0 Å². The van der Waals surface area contributed by atoms with Crippen LogP contribution in [0, 0.1) is 5.92 Å². The maximum absolute atomic E-state index is 12.6. The van der Waals surface area contributed by atoms with E-state index < -0.39 is 0 Å². The van der Waals surface area contributed by atoms with Crippen molar-refractivity contribution in [3.8, 4) is 0 Å². The van der Waals surface area contributed by atoms with Crippen LogP contribution in [0.3, 0.4) is 0 Å². The third kappa shape index (κ3) is 6.47. The van der Waals surface area contributed by atoms with Gasteiger partial charge in [-0.05, 0) is 50.3 Å². The minimum Gasteiger partial charge on any atom is -0.357 e. The van der Waals surface area contributed by atoms with Crippen LogP contribution in [0.5, 0.6) is 0 Å². The summed E-state index contributed by atoms with van der Waals surface area (Å²) in [4.78, 5) is 30.5. The number of likely N-dealkylation sites (tertiary alicyclic amines) is 1. The first kappa shape index (κ1) is 22.1. The molecule has 7 nitrogen and oxygen atoms in total. The lowest BCUT2D eigenvalue weighted by Gasteiger charge is -2.21. The van der Waals surface area contributed by atoms with E-state index in [0.29, 0.717) is 12.5 Å². The molecule has 1 saturated heterocycles. The van der Waals surface area contributed by atoms with Crippen LogP contribution in [0.1, 0.15) is 51.5 Å². The van der Waals surface area contributed by atoms with E-state index in [-0.39, 0.29) is 17.9 Å². The number of nitrogens with one attached hydrogen (secondary N) is 3. The van der Waals surface area contributed by atoms with Gasteiger partial charge in [0, 0.05) is 50.7 Å². The van der Waals surface area contributed by atoms with Crippen LogP contribution in [-0.4, -0.2) is 54.9 Å². The molecule has 2 aliphatic rings. The number of rotatable bonds is 7. The number of anilines is 1. The molecule has 7 heteroatoms. The Labute approximate surface area is 179 Å². The standard InChI is InChI=1S/C23H35N5O2/c1-3-24-23(25-14-12-18-8-10-20(11-9-18)26-17(2)29)27-21-13-15-28(16-21)22(30)19-6-4-5-7-19/h8-11,19,21H,3-7,12-16H2,1-2H3,(H,26,29)(H2,24,25,27). The van der Waals surface area contributed by atoms with Gasteiger partial charge in [0.1, 0.15) is 0 Å². The molecule has 2 fully saturated rings. The van der Waals surface area contributed by atoms with E-state index in [1.807, 2.05) is 29.2 Å². The van der Waals surface area contributed by atoms with Crippen LogP contribution in [0.25, 0.3) is 0 Å². The number of hydrogen-bond donors (Lipinski definition) is 3. The van der Waals surface area contributed by atoms with E-state index >= 15 is 0 Å². The minimum atomic E-state index is -0.0656. The summed E-state index contributed by atoms with van der Waals surface area (Å²) in [6.07, 6.45) is 6.30. The van der Waals surface area contributed by atoms with E-state index in [0.717, 1.165) is 57.0 Å². The summed E-state index contributed by atoms with van der Waals surface area (Å²) in [5.41, 5.74) is 1.99. The SMILES string of the molecule is CCNC(=NCCc1ccc(NC(C)=O)cc1)NC1CCN(C(=O)C2CCCC2)C1. The first-order valence-electron chi connectivity index (χ1n) is 11.3. The Balaban J connectivity index is 1.47. The van der Waals surface area contributed by atoms with E-state index in [2.05, 4.69) is 22.9 Å². The normalized spacial score (nSPS) is 19.7. The second-order valence-corrected chi connectivity index (χ2v) is 8.28. The maximum atomic E-state index is 12.6. The Morgan fingerprint density at radius 1 is 1.13 bits per heavy atom. The van der Waals surface area contributed by atoms with E-state index in [1.54, 1.807) is 0 Å². The van der Waals surface area contributed by atoms with Gasteiger partial charge >= 0.3 is 0 Å². The van der Waals surface area contributed by atoms with Gasteiger partial charge in [-0.15, -0.1) is 0 Å². The van der Waals surface area contributed by atoms with Crippen LogP contribution in [0.15, 0.2) is 29.3 Å². The van der Waals surface area contributed by atoms with E-state index in [1.165, 1.54) is 25.3 Å². The van der Waals surface area contributed by atoms with Crippen LogP contribution in [0.4, 0.5) is 5.69 Å². The zero-order valence-electron chi connectivity index (χ0n) is 18.2. The van der Waals surface area contributed by atoms with Gasteiger partial charge in [0.25, 0.3) is 0 Å². The highest BCUT2D eigenvalue weighted by molar-refractivity contribution is 5.88. The highest BCUT2D eigenvalue weighted by Crippen LogP contribution is 2.27. The number of carbonyl (C=O) groups is 2. The van der Waals surface area contributed by atoms with E-state index in [9.17, 15) is 9.59 Å². The molecule has 1 aliphatic carbocycles. The van der Waals surface area contributed by atoms with Crippen molar-refractivity contribution in [2.24, 2.45) is 10.9 Å². The zero-order chi connectivity index (χ0) is 21.3. The summed E-state index contributed by atoms with van der Waals surface area (Å²) in [7, 11) is 0. The second kappa shape index (κ2) is 11.0. The topological polar surface area (TPSA) is 85.8 Å². The number of guanidine groups is 1. The monoisotopic (exact) mass is 413 g/mol. The highest BCUT2D eigenvalue weighted by atomic mass is 16.2. The van der Waals surface area contributed by atoms with Crippen LogP contribution < -0.4 is 16.0 Å². The van der Waals surface area contributed by atoms with Crippen molar-refractivity contribution >= 4 is 23.5 Å². The predicted molar refractivity (Wildman–Crippen MR) is 121 cm³/mol. The van der Waals surface area contributed by atoms with Gasteiger partial charge in [0.05, 0.1) is 0 Å². The lowest BCUT2D eigenvalue weighted by molar-refractivity contribution is -0.134. The molecule has 1 atom stereocenters. The molecule has 2 amide bonds. The Hall–Kier alpha value is -2.57. The molecule has 1 saturated carbocycles. The molecule has 0 radical (unpaired) electrons. The molecule has 3 rings (SSSR count). The quantitative estimate of drug-likeness (QED) is 0.474. The first-order valence-corrected chi connectivity index (χ1v) is 11.3. The molecular weight excluding hydrogens is 378 g/mol. The first-order chi connectivity index (χ1) is 14.5. The summed E-state index contributed by atoms with van der Waals surface area (Å²) in [6, 6.07) is 8.12. The molecule has 164 valence electrons. The fraction of sp³-hybridized carbons (Fsp3) is 0.609. The van der Waals surface area contributed by atoms with Crippen LogP contribution in [-0.2, 0) is 16.0 Å². The largest absolute Gasteiger partial charge is 0.357 e. The number of carbonyl (C=O) groups excluding carboxylic acids is 2. The third-order valence-electron chi connectivity index (χ3n) is 5.83. The molecule has 0 aromatic heterocycles. The average Bonchev–Trinajstić information content (AvgIpc) is 3.41. The van der Waals surface area contributed by atoms with Gasteiger partial charge in [-0.2, -0.15) is 0 Å². The number of nitrogens with zero attached hydrogens (tertiary/aromatic N) is 2. The fourth-order valence-corrected chi connectivity index (χ4v) is 4.28. The van der Waals surface area contributed by atoms with Gasteiger partial charge < -0.3 is 20.9 Å². The number of amides is 2. The van der Waals surface area contributed by atoms with E-state index in [4.69, 9.17) is 4.99 Å². The Kier molecular flexibility index (Phi) is 8.11. The fourth-order valence-electron chi connectivity index (χ4n) is 4.28. The van der Waals surface area contributed by atoms with Gasteiger partial charge in [0.15, 0.2) is 5.96 Å². The van der Waals surface area contributed by atoms with Crippen molar-refractivity contribution in [2.45, 2.75) is 58.4 Å². The smallest absolute Gasteiger partial charge is 0.225 e. The molecule has 3 N–H and O–H groups in total.